The highest BCUT2D eigenvalue weighted by Gasteiger charge is 2.21. The van der Waals surface area contributed by atoms with E-state index in [2.05, 4.69) is 11.9 Å². The average molecular weight is 278 g/mol. The summed E-state index contributed by atoms with van der Waals surface area (Å²) >= 11 is 0. The molecule has 1 aliphatic heterocycles. The van der Waals surface area contributed by atoms with E-state index in [1.165, 1.54) is 18.2 Å². The number of likely N-dealkylation sites (tertiary alicyclic amines) is 1. The number of nitrogens with zero attached hydrogens (tertiary/aromatic N) is 2. The van der Waals surface area contributed by atoms with Crippen LogP contribution in [-0.4, -0.2) is 59.6 Å². The minimum absolute atomic E-state index is 0.0963. The van der Waals surface area contributed by atoms with Crippen LogP contribution in [-0.2, 0) is 0 Å². The van der Waals surface area contributed by atoms with Crippen molar-refractivity contribution in [1.29, 1.82) is 0 Å². The number of phenols is 2. The number of hydrogen-bond acceptors (Lipinski definition) is 4. The Morgan fingerprint density at radius 2 is 1.80 bits per heavy atom. The van der Waals surface area contributed by atoms with Gasteiger partial charge in [0, 0.05) is 25.2 Å². The Kier molecular flexibility index (Phi) is 4.49. The first-order valence-electron chi connectivity index (χ1n) is 6.92. The molecule has 0 saturated carbocycles. The maximum atomic E-state index is 12.3. The van der Waals surface area contributed by atoms with Crippen LogP contribution in [0.25, 0.3) is 0 Å². The van der Waals surface area contributed by atoms with Gasteiger partial charge in [0.05, 0.1) is 0 Å². The number of hydrogen-bond donors (Lipinski definition) is 2. The fourth-order valence-corrected chi connectivity index (χ4v) is 2.65. The molecule has 110 valence electrons. The summed E-state index contributed by atoms with van der Waals surface area (Å²) < 4.78 is 0. The van der Waals surface area contributed by atoms with Crippen LogP contribution in [0.5, 0.6) is 11.5 Å². The van der Waals surface area contributed by atoms with Gasteiger partial charge >= 0.3 is 0 Å². The van der Waals surface area contributed by atoms with Crippen molar-refractivity contribution in [3.8, 4) is 11.5 Å². The van der Waals surface area contributed by atoms with Gasteiger partial charge in [-0.2, -0.15) is 0 Å². The zero-order chi connectivity index (χ0) is 14.7. The zero-order valence-electron chi connectivity index (χ0n) is 12.0. The lowest BCUT2D eigenvalue weighted by Gasteiger charge is -2.31. The van der Waals surface area contributed by atoms with Gasteiger partial charge in [-0.25, -0.2) is 0 Å². The van der Waals surface area contributed by atoms with E-state index in [0.717, 1.165) is 25.9 Å². The molecule has 5 nitrogen and oxygen atoms in total. The van der Waals surface area contributed by atoms with Gasteiger partial charge in [-0.05, 0) is 51.0 Å². The fourth-order valence-electron chi connectivity index (χ4n) is 2.65. The van der Waals surface area contributed by atoms with E-state index in [-0.39, 0.29) is 17.4 Å². The minimum atomic E-state index is -0.171. The molecule has 1 saturated heterocycles. The van der Waals surface area contributed by atoms with Crippen LogP contribution in [0.15, 0.2) is 18.2 Å². The van der Waals surface area contributed by atoms with E-state index in [4.69, 9.17) is 0 Å². The molecule has 0 atom stereocenters. The molecule has 0 radical (unpaired) electrons. The van der Waals surface area contributed by atoms with E-state index in [1.54, 1.807) is 11.9 Å². The molecule has 2 N–H and O–H groups in total. The van der Waals surface area contributed by atoms with Crippen molar-refractivity contribution >= 4 is 5.91 Å². The third kappa shape index (κ3) is 3.63. The first-order valence-corrected chi connectivity index (χ1v) is 6.92. The summed E-state index contributed by atoms with van der Waals surface area (Å²) in [5, 5.41) is 18.9. The number of rotatable bonds is 3. The molecule has 5 heteroatoms. The summed E-state index contributed by atoms with van der Waals surface area (Å²) in [6, 6.07) is 3.98. The number of benzene rings is 1. The standard InChI is InChI=1S/C15H22N2O3/c1-16-5-3-11(4-6-16)10-17(2)15(20)12-7-13(18)9-14(19)8-12/h7-9,11,18-19H,3-6,10H2,1-2H3. The monoisotopic (exact) mass is 278 g/mol. The molecule has 0 unspecified atom stereocenters. The molecule has 0 aliphatic carbocycles. The van der Waals surface area contributed by atoms with Crippen LogP contribution in [0, 0.1) is 5.92 Å². The summed E-state index contributed by atoms with van der Waals surface area (Å²) in [4.78, 5) is 16.2. The average Bonchev–Trinajstić information content (AvgIpc) is 2.39. The van der Waals surface area contributed by atoms with Crippen molar-refractivity contribution in [2.24, 2.45) is 5.92 Å². The molecule has 1 amide bonds. The quantitative estimate of drug-likeness (QED) is 0.879. The molecule has 20 heavy (non-hydrogen) atoms. The van der Waals surface area contributed by atoms with Crippen LogP contribution in [0.1, 0.15) is 23.2 Å². The highest BCUT2D eigenvalue weighted by molar-refractivity contribution is 5.94. The number of carbonyl (C=O) groups is 1. The zero-order valence-corrected chi connectivity index (χ0v) is 12.0. The van der Waals surface area contributed by atoms with Gasteiger partial charge in [-0.15, -0.1) is 0 Å². The van der Waals surface area contributed by atoms with Gasteiger partial charge in [-0.1, -0.05) is 0 Å². The van der Waals surface area contributed by atoms with Crippen LogP contribution >= 0.6 is 0 Å². The van der Waals surface area contributed by atoms with Crippen LogP contribution in [0.4, 0.5) is 0 Å². The van der Waals surface area contributed by atoms with Gasteiger partial charge in [0.15, 0.2) is 0 Å². The van der Waals surface area contributed by atoms with E-state index < -0.39 is 0 Å². The second-order valence-electron chi connectivity index (χ2n) is 5.67. The smallest absolute Gasteiger partial charge is 0.253 e. The number of phenolic OH excluding ortho intramolecular Hbond substituents is 2. The minimum Gasteiger partial charge on any atom is -0.508 e. The fraction of sp³-hybridized carbons (Fsp3) is 0.533. The van der Waals surface area contributed by atoms with E-state index in [0.29, 0.717) is 18.0 Å². The lowest BCUT2D eigenvalue weighted by molar-refractivity contribution is 0.0746. The summed E-state index contributed by atoms with van der Waals surface area (Å²) in [5.74, 6) is 0.156. The Morgan fingerprint density at radius 3 is 2.35 bits per heavy atom. The maximum absolute atomic E-state index is 12.3. The summed E-state index contributed by atoms with van der Waals surface area (Å²) in [6.07, 6.45) is 2.19. The van der Waals surface area contributed by atoms with Crippen molar-refractivity contribution in [3.05, 3.63) is 23.8 Å². The van der Waals surface area contributed by atoms with E-state index in [1.807, 2.05) is 0 Å². The Morgan fingerprint density at radius 1 is 1.25 bits per heavy atom. The van der Waals surface area contributed by atoms with Gasteiger partial charge in [0.2, 0.25) is 0 Å². The summed E-state index contributed by atoms with van der Waals surface area (Å²) in [7, 11) is 3.88. The molecule has 1 heterocycles. The van der Waals surface area contributed by atoms with Crippen molar-refractivity contribution in [3.63, 3.8) is 0 Å². The highest BCUT2D eigenvalue weighted by atomic mass is 16.3. The first kappa shape index (κ1) is 14.7. The summed E-state index contributed by atoms with van der Waals surface area (Å²) in [5.41, 5.74) is 0.318. The lowest BCUT2D eigenvalue weighted by atomic mass is 9.96. The predicted molar refractivity (Wildman–Crippen MR) is 77.0 cm³/mol. The largest absolute Gasteiger partial charge is 0.508 e. The van der Waals surface area contributed by atoms with Crippen LogP contribution in [0.2, 0.25) is 0 Å². The lowest BCUT2D eigenvalue weighted by Crippen LogP contribution is -2.37. The third-order valence-electron chi connectivity index (χ3n) is 3.87. The molecule has 2 rings (SSSR count). The van der Waals surface area contributed by atoms with Crippen molar-refractivity contribution in [2.45, 2.75) is 12.8 Å². The molecule has 1 aliphatic rings. The molecular formula is C15H22N2O3. The Balaban J connectivity index is 1.98. The molecule has 1 fully saturated rings. The number of carbonyl (C=O) groups excluding carboxylic acids is 1. The van der Waals surface area contributed by atoms with Crippen LogP contribution < -0.4 is 0 Å². The van der Waals surface area contributed by atoms with Crippen LogP contribution in [0.3, 0.4) is 0 Å². The predicted octanol–water partition coefficient (Wildman–Crippen LogP) is 1.51. The number of piperidine rings is 1. The van der Waals surface area contributed by atoms with Crippen molar-refractivity contribution < 1.29 is 15.0 Å². The Hall–Kier alpha value is -1.75. The summed E-state index contributed by atoms with van der Waals surface area (Å²) in [6.45, 7) is 2.85. The highest BCUT2D eigenvalue weighted by Crippen LogP contribution is 2.22. The van der Waals surface area contributed by atoms with Gasteiger partial charge in [0.25, 0.3) is 5.91 Å². The molecular weight excluding hydrogens is 256 g/mol. The van der Waals surface area contributed by atoms with Gasteiger partial charge < -0.3 is 20.0 Å². The van der Waals surface area contributed by atoms with E-state index >= 15 is 0 Å². The van der Waals surface area contributed by atoms with Crippen molar-refractivity contribution in [2.75, 3.05) is 33.7 Å². The van der Waals surface area contributed by atoms with Crippen molar-refractivity contribution in [1.82, 2.24) is 9.80 Å². The normalized spacial score (nSPS) is 17.1. The Labute approximate surface area is 119 Å². The van der Waals surface area contributed by atoms with E-state index in [9.17, 15) is 15.0 Å². The Bertz CT molecular complexity index is 462. The SMILES string of the molecule is CN1CCC(CN(C)C(=O)c2cc(O)cc(O)c2)CC1. The molecule has 1 aromatic carbocycles. The number of amides is 1. The second-order valence-corrected chi connectivity index (χ2v) is 5.67. The molecule has 0 bridgehead atoms. The topological polar surface area (TPSA) is 64.0 Å². The second kappa shape index (κ2) is 6.13. The maximum Gasteiger partial charge on any atom is 0.253 e. The third-order valence-corrected chi connectivity index (χ3v) is 3.87. The molecule has 1 aromatic rings. The number of aromatic hydroxyl groups is 2. The van der Waals surface area contributed by atoms with Gasteiger partial charge in [0.1, 0.15) is 11.5 Å². The molecule has 0 spiro atoms. The molecule has 0 aromatic heterocycles. The van der Waals surface area contributed by atoms with Gasteiger partial charge in [-0.3, -0.25) is 4.79 Å². The first-order chi connectivity index (χ1) is 9.45.